The summed E-state index contributed by atoms with van der Waals surface area (Å²) >= 11 is 3.36. The first-order chi connectivity index (χ1) is 14.1. The van der Waals surface area contributed by atoms with E-state index in [1.54, 1.807) is 18.2 Å². The number of aromatic hydroxyl groups is 1. The van der Waals surface area contributed by atoms with Crippen LogP contribution in [0, 0.1) is 0 Å². The summed E-state index contributed by atoms with van der Waals surface area (Å²) in [5.41, 5.74) is 1.65. The van der Waals surface area contributed by atoms with Crippen LogP contribution in [0.4, 0.5) is 5.69 Å². The zero-order chi connectivity index (χ0) is 20.2. The molecule has 0 bridgehead atoms. The maximum Gasteiger partial charge on any atom is 0.296 e. The third-order valence-corrected chi connectivity index (χ3v) is 5.99. The lowest BCUT2D eigenvalue weighted by Gasteiger charge is -2.21. The second kappa shape index (κ2) is 8.88. The van der Waals surface area contributed by atoms with Gasteiger partial charge < -0.3 is 5.11 Å². The van der Waals surface area contributed by atoms with Gasteiger partial charge in [-0.15, -0.1) is 10.2 Å². The Kier molecular flexibility index (Phi) is 6.06. The van der Waals surface area contributed by atoms with E-state index < -0.39 is 5.91 Å². The van der Waals surface area contributed by atoms with Crippen molar-refractivity contribution in [3.63, 3.8) is 0 Å². The van der Waals surface area contributed by atoms with E-state index in [-0.39, 0.29) is 5.88 Å². The van der Waals surface area contributed by atoms with E-state index in [0.717, 1.165) is 24.0 Å². The van der Waals surface area contributed by atoms with Crippen LogP contribution in [0.1, 0.15) is 36.0 Å². The smallest absolute Gasteiger partial charge is 0.296 e. The van der Waals surface area contributed by atoms with Gasteiger partial charge in [-0.05, 0) is 60.1 Å². The summed E-state index contributed by atoms with van der Waals surface area (Å²) in [5, 5.41) is 19.7. The van der Waals surface area contributed by atoms with Crippen molar-refractivity contribution in [1.29, 1.82) is 0 Å². The van der Waals surface area contributed by atoms with Gasteiger partial charge in [0, 0.05) is 9.86 Å². The van der Waals surface area contributed by atoms with Gasteiger partial charge in [-0.25, -0.2) is 0 Å². The number of hydrogen-bond donors (Lipinski definition) is 1. The molecule has 2 aromatic carbocycles. The number of para-hydroxylation sites is 1. The summed E-state index contributed by atoms with van der Waals surface area (Å²) in [5.74, 6) is -0.416. The van der Waals surface area contributed by atoms with Crippen LogP contribution in [-0.4, -0.2) is 33.6 Å². The summed E-state index contributed by atoms with van der Waals surface area (Å²) < 4.78 is 2.52. The van der Waals surface area contributed by atoms with E-state index in [2.05, 4.69) is 31.1 Å². The van der Waals surface area contributed by atoms with Gasteiger partial charge >= 0.3 is 0 Å². The maximum atomic E-state index is 12.5. The van der Waals surface area contributed by atoms with Gasteiger partial charge in [0.25, 0.3) is 5.91 Å². The first-order valence-electron chi connectivity index (χ1n) is 9.88. The van der Waals surface area contributed by atoms with E-state index in [1.165, 1.54) is 25.7 Å². The molecule has 1 aromatic heterocycles. The standard InChI is InChI=1S/C22H23BrN4O2/c23-18-11-5-3-9-16(18)21(28)25-24-20-17-10-4-6-12-19(17)27(22(20)29)15-26-13-7-1-2-8-14-26/h3-6,9-12,29H,1-2,7-8,13-15H2. The molecule has 1 N–H and O–H groups in total. The molecule has 1 amide bonds. The van der Waals surface area contributed by atoms with E-state index in [1.807, 2.05) is 34.9 Å². The minimum absolute atomic E-state index is 0.0409. The fraction of sp³-hybridized carbons (Fsp3) is 0.318. The summed E-state index contributed by atoms with van der Waals surface area (Å²) in [6.07, 6.45) is 4.86. The summed E-state index contributed by atoms with van der Waals surface area (Å²) in [6, 6.07) is 14.8. The lowest BCUT2D eigenvalue weighted by atomic mass is 10.2. The van der Waals surface area contributed by atoms with Gasteiger partial charge in [-0.2, -0.15) is 0 Å². The highest BCUT2D eigenvalue weighted by molar-refractivity contribution is 9.10. The fourth-order valence-corrected chi connectivity index (χ4v) is 4.23. The molecule has 0 unspecified atom stereocenters. The number of halogens is 1. The van der Waals surface area contributed by atoms with Crippen LogP contribution in [0.25, 0.3) is 10.9 Å². The van der Waals surface area contributed by atoms with Crippen molar-refractivity contribution in [2.75, 3.05) is 13.1 Å². The third-order valence-electron chi connectivity index (χ3n) is 5.30. The number of amides is 1. The van der Waals surface area contributed by atoms with Crippen LogP contribution in [0.2, 0.25) is 0 Å². The largest absolute Gasteiger partial charge is 0.493 e. The van der Waals surface area contributed by atoms with Gasteiger partial charge in [0.1, 0.15) is 0 Å². The number of carbonyl (C=O) groups excluding carboxylic acids is 1. The quantitative estimate of drug-likeness (QED) is 0.501. The summed E-state index contributed by atoms with van der Waals surface area (Å²) in [4.78, 5) is 14.8. The Hall–Kier alpha value is -2.51. The van der Waals surface area contributed by atoms with Crippen molar-refractivity contribution < 1.29 is 9.90 Å². The molecular weight excluding hydrogens is 432 g/mol. The van der Waals surface area contributed by atoms with E-state index in [9.17, 15) is 9.90 Å². The SMILES string of the molecule is O=C(N=Nc1c(O)n(CN2CCCCCC2)c2ccccc12)c1ccccc1Br. The van der Waals surface area contributed by atoms with E-state index >= 15 is 0 Å². The van der Waals surface area contributed by atoms with Crippen molar-refractivity contribution in [1.82, 2.24) is 9.47 Å². The molecule has 0 spiro atoms. The molecule has 0 radical (unpaired) electrons. The Morgan fingerprint density at radius 3 is 2.45 bits per heavy atom. The maximum absolute atomic E-state index is 12.5. The number of azo groups is 1. The molecule has 1 fully saturated rings. The van der Waals surface area contributed by atoms with Gasteiger partial charge in [0.2, 0.25) is 5.88 Å². The van der Waals surface area contributed by atoms with Gasteiger partial charge in [-0.1, -0.05) is 43.2 Å². The number of nitrogens with zero attached hydrogens (tertiary/aromatic N) is 4. The third kappa shape index (κ3) is 4.26. The molecule has 1 aliphatic heterocycles. The minimum Gasteiger partial charge on any atom is -0.493 e. The van der Waals surface area contributed by atoms with Crippen LogP contribution < -0.4 is 0 Å². The van der Waals surface area contributed by atoms with Crippen LogP contribution >= 0.6 is 15.9 Å². The second-order valence-electron chi connectivity index (χ2n) is 7.28. The number of carbonyl (C=O) groups is 1. The minimum atomic E-state index is -0.457. The molecule has 150 valence electrons. The van der Waals surface area contributed by atoms with Crippen LogP contribution in [-0.2, 0) is 6.67 Å². The zero-order valence-corrected chi connectivity index (χ0v) is 17.7. The molecule has 4 rings (SSSR count). The van der Waals surface area contributed by atoms with Crippen molar-refractivity contribution >= 4 is 38.4 Å². The van der Waals surface area contributed by atoms with Crippen molar-refractivity contribution in [3.8, 4) is 5.88 Å². The number of hydrogen-bond acceptors (Lipinski definition) is 4. The van der Waals surface area contributed by atoms with Crippen LogP contribution in [0.5, 0.6) is 5.88 Å². The van der Waals surface area contributed by atoms with Crippen molar-refractivity contribution in [2.45, 2.75) is 32.4 Å². The highest BCUT2D eigenvalue weighted by Gasteiger charge is 2.19. The number of benzene rings is 2. The number of aromatic nitrogens is 1. The average Bonchev–Trinajstić information content (AvgIpc) is 2.89. The molecule has 3 aromatic rings. The summed E-state index contributed by atoms with van der Waals surface area (Å²) in [6.45, 7) is 2.63. The Bertz CT molecular complexity index is 1050. The molecule has 0 atom stereocenters. The highest BCUT2D eigenvalue weighted by Crippen LogP contribution is 2.39. The topological polar surface area (TPSA) is 70.2 Å². The first kappa shape index (κ1) is 19.8. The Morgan fingerprint density at radius 2 is 1.69 bits per heavy atom. The summed E-state index contributed by atoms with van der Waals surface area (Å²) in [7, 11) is 0. The van der Waals surface area contributed by atoms with Crippen molar-refractivity contribution in [3.05, 3.63) is 58.6 Å². The van der Waals surface area contributed by atoms with Crippen LogP contribution in [0.15, 0.2) is 63.2 Å². The lowest BCUT2D eigenvalue weighted by molar-refractivity contribution is 0.0994. The predicted octanol–water partition coefficient (Wildman–Crippen LogP) is 5.87. The normalized spacial score (nSPS) is 15.8. The fourth-order valence-electron chi connectivity index (χ4n) is 3.77. The van der Waals surface area contributed by atoms with E-state index in [4.69, 9.17) is 0 Å². The first-order valence-corrected chi connectivity index (χ1v) is 10.7. The van der Waals surface area contributed by atoms with Gasteiger partial charge in [0.15, 0.2) is 5.69 Å². The molecule has 7 heteroatoms. The molecular formula is C22H23BrN4O2. The molecule has 2 heterocycles. The predicted molar refractivity (Wildman–Crippen MR) is 117 cm³/mol. The molecule has 0 saturated carbocycles. The molecule has 0 aliphatic carbocycles. The molecule has 29 heavy (non-hydrogen) atoms. The van der Waals surface area contributed by atoms with Crippen molar-refractivity contribution in [2.24, 2.45) is 10.2 Å². The molecule has 1 saturated heterocycles. The Labute approximate surface area is 178 Å². The van der Waals surface area contributed by atoms with Gasteiger partial charge in [-0.3, -0.25) is 14.3 Å². The molecule has 1 aliphatic rings. The lowest BCUT2D eigenvalue weighted by Crippen LogP contribution is -2.27. The monoisotopic (exact) mass is 454 g/mol. The number of rotatable bonds is 4. The second-order valence-corrected chi connectivity index (χ2v) is 8.13. The highest BCUT2D eigenvalue weighted by atomic mass is 79.9. The Balaban J connectivity index is 1.67. The van der Waals surface area contributed by atoms with Crippen LogP contribution in [0.3, 0.4) is 0 Å². The number of likely N-dealkylation sites (tertiary alicyclic amines) is 1. The molecule has 6 nitrogen and oxygen atoms in total. The van der Waals surface area contributed by atoms with Gasteiger partial charge in [0.05, 0.1) is 17.7 Å². The Morgan fingerprint density at radius 1 is 1.00 bits per heavy atom. The zero-order valence-electron chi connectivity index (χ0n) is 16.1. The average molecular weight is 455 g/mol. The van der Waals surface area contributed by atoms with E-state index in [0.29, 0.717) is 22.4 Å². The number of fused-ring (bicyclic) bond motifs is 1.